The van der Waals surface area contributed by atoms with Gasteiger partial charge in [-0.25, -0.2) is 4.39 Å². The van der Waals surface area contributed by atoms with Gasteiger partial charge in [0.05, 0.1) is 19.2 Å². The van der Waals surface area contributed by atoms with Gasteiger partial charge in [-0.1, -0.05) is 12.1 Å². The Bertz CT molecular complexity index is 611. The number of hydrogen-bond acceptors (Lipinski definition) is 3. The van der Waals surface area contributed by atoms with Gasteiger partial charge in [0.1, 0.15) is 17.3 Å². The van der Waals surface area contributed by atoms with E-state index >= 15 is 0 Å². The monoisotopic (exact) mass is 275 g/mol. The molecule has 0 unspecified atom stereocenters. The molecule has 0 fully saturated rings. The number of halogens is 1. The number of methoxy groups -OCH3 is 1. The van der Waals surface area contributed by atoms with Crippen LogP contribution < -0.4 is 10.1 Å². The van der Waals surface area contributed by atoms with Crippen molar-refractivity contribution in [3.8, 4) is 11.5 Å². The summed E-state index contributed by atoms with van der Waals surface area (Å²) in [7, 11) is 1.56. The van der Waals surface area contributed by atoms with E-state index in [2.05, 4.69) is 5.32 Å². The molecular formula is C15H14FNO3. The third kappa shape index (κ3) is 3.47. The van der Waals surface area contributed by atoms with E-state index in [1.165, 1.54) is 12.1 Å². The van der Waals surface area contributed by atoms with Gasteiger partial charge < -0.3 is 15.2 Å². The van der Waals surface area contributed by atoms with E-state index < -0.39 is 5.82 Å². The molecule has 0 aliphatic carbocycles. The molecule has 20 heavy (non-hydrogen) atoms. The average molecular weight is 275 g/mol. The molecule has 0 saturated heterocycles. The lowest BCUT2D eigenvalue weighted by molar-refractivity contribution is -0.115. The fourth-order valence-corrected chi connectivity index (χ4v) is 1.73. The molecule has 5 heteroatoms. The summed E-state index contributed by atoms with van der Waals surface area (Å²) in [4.78, 5) is 11.8. The van der Waals surface area contributed by atoms with Gasteiger partial charge in [-0.15, -0.1) is 0 Å². The van der Waals surface area contributed by atoms with Gasteiger partial charge in [0.15, 0.2) is 0 Å². The zero-order chi connectivity index (χ0) is 14.5. The van der Waals surface area contributed by atoms with E-state index in [1.54, 1.807) is 31.4 Å². The predicted octanol–water partition coefficient (Wildman–Crippen LogP) is 2.72. The van der Waals surface area contributed by atoms with Crippen molar-refractivity contribution < 1.29 is 19.0 Å². The predicted molar refractivity (Wildman–Crippen MR) is 73.4 cm³/mol. The number of rotatable bonds is 4. The highest BCUT2D eigenvalue weighted by atomic mass is 19.1. The van der Waals surface area contributed by atoms with Crippen molar-refractivity contribution in [2.24, 2.45) is 0 Å². The summed E-state index contributed by atoms with van der Waals surface area (Å²) < 4.78 is 18.5. The highest BCUT2D eigenvalue weighted by Gasteiger charge is 2.08. The molecule has 2 rings (SSSR count). The summed E-state index contributed by atoms with van der Waals surface area (Å²) >= 11 is 0. The van der Waals surface area contributed by atoms with Gasteiger partial charge in [0.2, 0.25) is 5.91 Å². The summed E-state index contributed by atoms with van der Waals surface area (Å²) in [5.74, 6) is -0.484. The normalized spacial score (nSPS) is 10.1. The van der Waals surface area contributed by atoms with E-state index in [0.29, 0.717) is 5.75 Å². The molecule has 4 nitrogen and oxygen atoms in total. The lowest BCUT2D eigenvalue weighted by Crippen LogP contribution is -2.15. The topological polar surface area (TPSA) is 58.6 Å². The fraction of sp³-hybridized carbons (Fsp3) is 0.133. The number of phenolic OH excluding ortho intramolecular Hbond substituents is 1. The zero-order valence-corrected chi connectivity index (χ0v) is 10.9. The van der Waals surface area contributed by atoms with Gasteiger partial charge >= 0.3 is 0 Å². The molecule has 0 aromatic heterocycles. The maximum absolute atomic E-state index is 13.5. The van der Waals surface area contributed by atoms with E-state index in [9.17, 15) is 9.18 Å². The molecule has 1 amide bonds. The molecule has 2 N–H and O–H groups in total. The quantitative estimate of drug-likeness (QED) is 0.843. The van der Waals surface area contributed by atoms with E-state index in [0.717, 1.165) is 11.6 Å². The van der Waals surface area contributed by atoms with Gasteiger partial charge in [0.25, 0.3) is 0 Å². The molecule has 0 heterocycles. The van der Waals surface area contributed by atoms with Crippen LogP contribution in [0.4, 0.5) is 10.1 Å². The minimum Gasteiger partial charge on any atom is -0.508 e. The Hall–Kier alpha value is -2.56. The molecule has 0 aliphatic rings. The smallest absolute Gasteiger partial charge is 0.228 e. The number of amides is 1. The molecule has 0 spiro atoms. The van der Waals surface area contributed by atoms with E-state index in [-0.39, 0.29) is 23.8 Å². The molecule has 0 aliphatic heterocycles. The SMILES string of the molecule is COc1ccc(CC(=O)Nc2ccc(O)cc2F)cc1. The highest BCUT2D eigenvalue weighted by Crippen LogP contribution is 2.19. The largest absolute Gasteiger partial charge is 0.508 e. The first-order valence-electron chi connectivity index (χ1n) is 6.00. The summed E-state index contributed by atoms with van der Waals surface area (Å²) in [6.07, 6.45) is 0.129. The Kier molecular flexibility index (Phi) is 4.20. The zero-order valence-electron chi connectivity index (χ0n) is 10.9. The van der Waals surface area contributed by atoms with Crippen molar-refractivity contribution in [1.29, 1.82) is 0 Å². The van der Waals surface area contributed by atoms with Crippen molar-refractivity contribution in [3.63, 3.8) is 0 Å². The minimum absolute atomic E-state index is 0.0429. The molecule has 2 aromatic rings. The number of nitrogens with one attached hydrogen (secondary N) is 1. The summed E-state index contributed by atoms with van der Waals surface area (Å²) in [5, 5.41) is 11.5. The number of hydrogen-bond donors (Lipinski definition) is 2. The fourth-order valence-electron chi connectivity index (χ4n) is 1.73. The maximum atomic E-state index is 13.5. The summed E-state index contributed by atoms with van der Waals surface area (Å²) in [5.41, 5.74) is 0.837. The van der Waals surface area contributed by atoms with Crippen LogP contribution in [0.3, 0.4) is 0 Å². The lowest BCUT2D eigenvalue weighted by atomic mass is 10.1. The number of aromatic hydroxyl groups is 1. The van der Waals surface area contributed by atoms with Crippen LogP contribution in [0, 0.1) is 5.82 Å². The van der Waals surface area contributed by atoms with Crippen molar-refractivity contribution in [1.82, 2.24) is 0 Å². The van der Waals surface area contributed by atoms with Gasteiger partial charge in [-0.3, -0.25) is 4.79 Å². The number of ether oxygens (including phenoxy) is 1. The third-order valence-electron chi connectivity index (χ3n) is 2.75. The highest BCUT2D eigenvalue weighted by molar-refractivity contribution is 5.92. The standard InChI is InChI=1S/C15H14FNO3/c1-20-12-5-2-10(3-6-12)8-15(19)17-14-7-4-11(18)9-13(14)16/h2-7,9,18H,8H2,1H3,(H,17,19). The van der Waals surface area contributed by atoms with Crippen LogP contribution in [-0.2, 0) is 11.2 Å². The van der Waals surface area contributed by atoms with Gasteiger partial charge in [-0.2, -0.15) is 0 Å². The third-order valence-corrected chi connectivity index (χ3v) is 2.75. The molecule has 0 radical (unpaired) electrons. The summed E-state index contributed by atoms with van der Waals surface area (Å²) in [6, 6.07) is 10.6. The van der Waals surface area contributed by atoms with E-state index in [1.807, 2.05) is 0 Å². The lowest BCUT2D eigenvalue weighted by Gasteiger charge is -2.07. The van der Waals surface area contributed by atoms with Gasteiger partial charge in [0, 0.05) is 6.07 Å². The first kappa shape index (κ1) is 13.9. The Morgan fingerprint density at radius 3 is 2.55 bits per heavy atom. The Morgan fingerprint density at radius 1 is 1.25 bits per heavy atom. The minimum atomic E-state index is -0.673. The first-order chi connectivity index (χ1) is 9.58. The average Bonchev–Trinajstić information content (AvgIpc) is 2.43. The number of carbonyl (C=O) groups excluding carboxylic acids is 1. The molecular weight excluding hydrogens is 261 g/mol. The Labute approximate surface area is 115 Å². The maximum Gasteiger partial charge on any atom is 0.228 e. The molecule has 104 valence electrons. The second kappa shape index (κ2) is 6.06. The molecule has 0 saturated carbocycles. The molecule has 0 atom stereocenters. The van der Waals surface area contributed by atoms with E-state index in [4.69, 9.17) is 9.84 Å². The van der Waals surface area contributed by atoms with Crippen LogP contribution in [0.15, 0.2) is 42.5 Å². The van der Waals surface area contributed by atoms with Crippen molar-refractivity contribution >= 4 is 11.6 Å². The van der Waals surface area contributed by atoms with Crippen LogP contribution in [-0.4, -0.2) is 18.1 Å². The van der Waals surface area contributed by atoms with Crippen LogP contribution >= 0.6 is 0 Å². The number of carbonyl (C=O) groups is 1. The molecule has 2 aromatic carbocycles. The second-order valence-electron chi connectivity index (χ2n) is 4.24. The number of benzene rings is 2. The Morgan fingerprint density at radius 2 is 1.95 bits per heavy atom. The van der Waals surface area contributed by atoms with Crippen molar-refractivity contribution in [2.75, 3.05) is 12.4 Å². The van der Waals surface area contributed by atoms with Crippen LogP contribution in [0.2, 0.25) is 0 Å². The molecule has 0 bridgehead atoms. The number of anilines is 1. The van der Waals surface area contributed by atoms with Crippen molar-refractivity contribution in [3.05, 3.63) is 53.8 Å². The van der Waals surface area contributed by atoms with Gasteiger partial charge in [-0.05, 0) is 29.8 Å². The van der Waals surface area contributed by atoms with Crippen LogP contribution in [0.5, 0.6) is 11.5 Å². The van der Waals surface area contributed by atoms with Crippen LogP contribution in [0.1, 0.15) is 5.56 Å². The number of phenols is 1. The Balaban J connectivity index is 2.01. The second-order valence-corrected chi connectivity index (χ2v) is 4.24. The summed E-state index contributed by atoms with van der Waals surface area (Å²) in [6.45, 7) is 0. The first-order valence-corrected chi connectivity index (χ1v) is 6.00. The van der Waals surface area contributed by atoms with Crippen molar-refractivity contribution in [2.45, 2.75) is 6.42 Å². The van der Waals surface area contributed by atoms with Crippen LogP contribution in [0.25, 0.3) is 0 Å².